The van der Waals surface area contributed by atoms with E-state index in [1.807, 2.05) is 4.90 Å². The van der Waals surface area contributed by atoms with Crippen molar-refractivity contribution in [2.24, 2.45) is 0 Å². The number of hydrogen-bond acceptors (Lipinski definition) is 3. The zero-order chi connectivity index (χ0) is 14.7. The molecule has 1 N–H and O–H groups in total. The van der Waals surface area contributed by atoms with Gasteiger partial charge in [0.2, 0.25) is 0 Å². The van der Waals surface area contributed by atoms with Crippen LogP contribution in [0.4, 0.5) is 0 Å². The lowest BCUT2D eigenvalue weighted by Gasteiger charge is -2.21. The van der Waals surface area contributed by atoms with Crippen LogP contribution in [0.15, 0.2) is 18.2 Å². The molecule has 1 heterocycles. The van der Waals surface area contributed by atoms with E-state index in [-0.39, 0.29) is 5.91 Å². The molecular weight excluding hydrogens is 278 g/mol. The van der Waals surface area contributed by atoms with Gasteiger partial charge in [-0.3, -0.25) is 4.79 Å². The van der Waals surface area contributed by atoms with Crippen molar-refractivity contribution in [3.05, 3.63) is 28.8 Å². The van der Waals surface area contributed by atoms with Crippen LogP contribution in [0.3, 0.4) is 0 Å². The van der Waals surface area contributed by atoms with Crippen molar-refractivity contribution in [2.45, 2.75) is 38.9 Å². The fourth-order valence-corrected chi connectivity index (χ4v) is 2.54. The van der Waals surface area contributed by atoms with Gasteiger partial charge in [0, 0.05) is 13.1 Å². The second-order valence-corrected chi connectivity index (χ2v) is 5.57. The Balaban J connectivity index is 2.03. The largest absolute Gasteiger partial charge is 0.479 e. The predicted octanol–water partition coefficient (Wildman–Crippen LogP) is 2.78. The highest BCUT2D eigenvalue weighted by molar-refractivity contribution is 6.32. The van der Waals surface area contributed by atoms with Crippen molar-refractivity contribution in [3.63, 3.8) is 0 Å². The molecule has 1 saturated heterocycles. The lowest BCUT2D eigenvalue weighted by Crippen LogP contribution is -2.38. The molecule has 110 valence electrons. The predicted molar refractivity (Wildman–Crippen MR) is 78.0 cm³/mol. The first-order valence-corrected chi connectivity index (χ1v) is 7.30. The van der Waals surface area contributed by atoms with Crippen LogP contribution in [-0.4, -0.2) is 35.1 Å². The number of amides is 1. The number of hydrogen-bond donors (Lipinski definition) is 1. The van der Waals surface area contributed by atoms with Crippen molar-refractivity contribution >= 4 is 17.5 Å². The molecular formula is C15H20ClNO3. The smallest absolute Gasteiger partial charge is 0.263 e. The van der Waals surface area contributed by atoms with E-state index in [2.05, 4.69) is 0 Å². The molecule has 1 aliphatic heterocycles. The fraction of sp³-hybridized carbons (Fsp3) is 0.533. The van der Waals surface area contributed by atoms with Crippen LogP contribution in [0.2, 0.25) is 5.02 Å². The fourth-order valence-electron chi connectivity index (χ4n) is 2.31. The summed E-state index contributed by atoms with van der Waals surface area (Å²) in [6.45, 7) is 5.02. The number of aliphatic hydroxyl groups is 1. The monoisotopic (exact) mass is 297 g/mol. The zero-order valence-electron chi connectivity index (χ0n) is 11.8. The van der Waals surface area contributed by atoms with Crippen LogP contribution in [0.5, 0.6) is 5.75 Å². The van der Waals surface area contributed by atoms with E-state index in [0.29, 0.717) is 10.8 Å². The molecule has 0 spiro atoms. The van der Waals surface area contributed by atoms with Gasteiger partial charge in [-0.05, 0) is 44.4 Å². The summed E-state index contributed by atoms with van der Waals surface area (Å²) in [6, 6.07) is 5.10. The Kier molecular flexibility index (Phi) is 4.89. The number of benzene rings is 1. The summed E-state index contributed by atoms with van der Waals surface area (Å²) < 4.78 is 5.65. The third-order valence-corrected chi connectivity index (χ3v) is 3.80. The molecule has 1 aromatic carbocycles. The van der Waals surface area contributed by atoms with Crippen molar-refractivity contribution in [3.8, 4) is 5.75 Å². The number of nitrogens with zero attached hydrogens (tertiary/aromatic N) is 1. The van der Waals surface area contributed by atoms with E-state index in [4.69, 9.17) is 16.3 Å². The highest BCUT2D eigenvalue weighted by Gasteiger charge is 2.25. The van der Waals surface area contributed by atoms with Gasteiger partial charge in [-0.2, -0.15) is 0 Å². The molecule has 0 saturated carbocycles. The average Bonchev–Trinajstić information content (AvgIpc) is 2.93. The Bertz CT molecular complexity index is 484. The van der Waals surface area contributed by atoms with E-state index in [1.54, 1.807) is 32.0 Å². The number of ether oxygens (including phenoxy) is 1. The average molecular weight is 298 g/mol. The molecule has 0 bridgehead atoms. The number of halogens is 1. The number of aliphatic hydroxyl groups excluding tert-OH is 1. The molecule has 2 rings (SSSR count). The first kappa shape index (κ1) is 15.1. The van der Waals surface area contributed by atoms with Crippen molar-refractivity contribution < 1.29 is 14.6 Å². The van der Waals surface area contributed by atoms with Crippen LogP contribution in [-0.2, 0) is 4.79 Å². The van der Waals surface area contributed by atoms with E-state index in [1.165, 1.54) is 0 Å². The van der Waals surface area contributed by atoms with Gasteiger partial charge in [-0.25, -0.2) is 0 Å². The molecule has 0 aliphatic carbocycles. The second-order valence-electron chi connectivity index (χ2n) is 5.16. The van der Waals surface area contributed by atoms with E-state index < -0.39 is 12.2 Å². The van der Waals surface area contributed by atoms with Crippen LogP contribution in [0.25, 0.3) is 0 Å². The van der Waals surface area contributed by atoms with Gasteiger partial charge in [0.1, 0.15) is 5.75 Å². The number of likely N-dealkylation sites (tertiary alicyclic amines) is 1. The van der Waals surface area contributed by atoms with Gasteiger partial charge in [0.05, 0.1) is 11.1 Å². The van der Waals surface area contributed by atoms with E-state index >= 15 is 0 Å². The molecule has 4 nitrogen and oxygen atoms in total. The highest BCUT2D eigenvalue weighted by atomic mass is 35.5. The van der Waals surface area contributed by atoms with Gasteiger partial charge in [-0.15, -0.1) is 0 Å². The summed E-state index contributed by atoms with van der Waals surface area (Å²) in [6.07, 6.45) is 0.984. The second kappa shape index (κ2) is 6.46. The summed E-state index contributed by atoms with van der Waals surface area (Å²) in [7, 11) is 0. The molecule has 1 aliphatic rings. The third-order valence-electron chi connectivity index (χ3n) is 3.51. The number of carbonyl (C=O) groups is 1. The molecule has 0 radical (unpaired) electrons. The summed E-state index contributed by atoms with van der Waals surface area (Å²) >= 11 is 6.12. The highest BCUT2D eigenvalue weighted by Crippen LogP contribution is 2.29. The normalized spacial score (nSPS) is 17.9. The molecule has 1 unspecified atom stereocenters. The lowest BCUT2D eigenvalue weighted by atomic mass is 10.1. The van der Waals surface area contributed by atoms with Gasteiger partial charge in [0.15, 0.2) is 6.10 Å². The quantitative estimate of drug-likeness (QED) is 0.930. The Morgan fingerprint density at radius 3 is 2.55 bits per heavy atom. The van der Waals surface area contributed by atoms with Crippen LogP contribution in [0, 0.1) is 0 Å². The molecule has 20 heavy (non-hydrogen) atoms. The topological polar surface area (TPSA) is 49.8 Å². The Labute approximate surface area is 124 Å². The zero-order valence-corrected chi connectivity index (χ0v) is 12.6. The number of carbonyl (C=O) groups excluding carboxylic acids is 1. The minimum Gasteiger partial charge on any atom is -0.479 e. The van der Waals surface area contributed by atoms with Crippen LogP contribution < -0.4 is 4.74 Å². The summed E-state index contributed by atoms with van der Waals surface area (Å²) in [5.74, 6) is 0.467. The number of rotatable bonds is 4. The lowest BCUT2D eigenvalue weighted by molar-refractivity contribution is -0.136. The summed E-state index contributed by atoms with van der Waals surface area (Å²) in [5, 5.41) is 9.90. The summed E-state index contributed by atoms with van der Waals surface area (Å²) in [5.41, 5.74) is 0.723. The van der Waals surface area contributed by atoms with Gasteiger partial charge in [-0.1, -0.05) is 17.7 Å². The van der Waals surface area contributed by atoms with Crippen LogP contribution in [0.1, 0.15) is 38.4 Å². The summed E-state index contributed by atoms with van der Waals surface area (Å²) in [4.78, 5) is 14.0. The molecule has 1 aromatic rings. The molecule has 0 aromatic heterocycles. The van der Waals surface area contributed by atoms with Crippen molar-refractivity contribution in [1.82, 2.24) is 4.90 Å². The first-order valence-electron chi connectivity index (χ1n) is 6.92. The minimum absolute atomic E-state index is 0.00169. The minimum atomic E-state index is -0.579. The molecule has 5 heteroatoms. The van der Waals surface area contributed by atoms with Crippen molar-refractivity contribution in [2.75, 3.05) is 13.1 Å². The molecule has 2 atom stereocenters. The maximum atomic E-state index is 12.2. The van der Waals surface area contributed by atoms with Gasteiger partial charge >= 0.3 is 0 Å². The maximum absolute atomic E-state index is 12.2. The maximum Gasteiger partial charge on any atom is 0.263 e. The standard InChI is InChI=1S/C15H20ClNO3/c1-10(18)12-5-6-14(13(16)9-12)20-11(2)15(19)17-7-3-4-8-17/h5-6,9-11,18H,3-4,7-8H2,1-2H3/t10-,11?/m0/s1. The third kappa shape index (κ3) is 3.44. The molecule has 1 fully saturated rings. The Hall–Kier alpha value is -1.26. The van der Waals surface area contributed by atoms with E-state index in [9.17, 15) is 9.90 Å². The van der Waals surface area contributed by atoms with Gasteiger partial charge in [0.25, 0.3) is 5.91 Å². The Morgan fingerprint density at radius 1 is 1.35 bits per heavy atom. The van der Waals surface area contributed by atoms with E-state index in [0.717, 1.165) is 31.5 Å². The van der Waals surface area contributed by atoms with Gasteiger partial charge < -0.3 is 14.7 Å². The van der Waals surface area contributed by atoms with Crippen molar-refractivity contribution in [1.29, 1.82) is 0 Å². The first-order chi connectivity index (χ1) is 9.49. The molecule has 1 amide bonds. The Morgan fingerprint density at radius 2 is 2.00 bits per heavy atom. The van der Waals surface area contributed by atoms with Crippen LogP contribution >= 0.6 is 11.6 Å². The SMILES string of the molecule is CC(Oc1ccc([C@H](C)O)cc1Cl)C(=O)N1CCCC1.